The number of benzene rings is 1. The van der Waals surface area contributed by atoms with Gasteiger partial charge in [-0.1, -0.05) is 40.9 Å². The number of aryl methyl sites for hydroxylation is 2. The van der Waals surface area contributed by atoms with Crippen molar-refractivity contribution in [1.29, 1.82) is 0 Å². The van der Waals surface area contributed by atoms with Gasteiger partial charge in [-0.15, -0.1) is 0 Å². The molecule has 106 valence electrons. The van der Waals surface area contributed by atoms with Gasteiger partial charge in [0.1, 0.15) is 22.5 Å². The minimum Gasteiger partial charge on any atom is -0.486 e. The lowest BCUT2D eigenvalue weighted by atomic mass is 10.2. The molecule has 0 aliphatic carbocycles. The largest absolute Gasteiger partial charge is 0.486 e. The van der Waals surface area contributed by atoms with Gasteiger partial charge in [0.05, 0.1) is 16.4 Å². The second kappa shape index (κ2) is 6.17. The zero-order valence-electron chi connectivity index (χ0n) is 10.8. The molecule has 2 rings (SSSR count). The monoisotopic (exact) mass is 333 g/mol. The van der Waals surface area contributed by atoms with Crippen molar-refractivity contribution in [2.45, 2.75) is 20.5 Å². The molecule has 0 amide bonds. The van der Waals surface area contributed by atoms with E-state index in [1.54, 1.807) is 19.9 Å². The van der Waals surface area contributed by atoms with Crippen LogP contribution >= 0.6 is 34.8 Å². The smallest absolute Gasteiger partial charge is 0.160 e. The molecule has 0 saturated carbocycles. The summed E-state index contributed by atoms with van der Waals surface area (Å²) in [7, 11) is 0. The lowest BCUT2D eigenvalue weighted by Crippen LogP contribution is -2.01. The first-order chi connectivity index (χ1) is 9.40. The van der Waals surface area contributed by atoms with Crippen molar-refractivity contribution in [2.24, 2.45) is 0 Å². The number of halogens is 4. The molecule has 0 atom stereocenters. The van der Waals surface area contributed by atoms with E-state index in [9.17, 15) is 4.39 Å². The van der Waals surface area contributed by atoms with Crippen LogP contribution in [0.1, 0.15) is 17.0 Å². The third kappa shape index (κ3) is 3.17. The van der Waals surface area contributed by atoms with Crippen LogP contribution in [0.5, 0.6) is 5.75 Å². The highest BCUT2D eigenvalue weighted by molar-refractivity contribution is 6.37. The van der Waals surface area contributed by atoms with E-state index in [1.807, 2.05) is 0 Å². The topological polar surface area (TPSA) is 22.1 Å². The van der Waals surface area contributed by atoms with Crippen LogP contribution in [0.15, 0.2) is 18.2 Å². The summed E-state index contributed by atoms with van der Waals surface area (Å²) in [6, 6.07) is 4.10. The quantitative estimate of drug-likeness (QED) is 0.752. The van der Waals surface area contributed by atoms with Crippen LogP contribution in [0.4, 0.5) is 4.39 Å². The highest BCUT2D eigenvalue weighted by Crippen LogP contribution is 2.37. The summed E-state index contributed by atoms with van der Waals surface area (Å²) < 4.78 is 18.6. The molecule has 20 heavy (non-hydrogen) atoms. The van der Waals surface area contributed by atoms with E-state index < -0.39 is 5.82 Å². The lowest BCUT2D eigenvalue weighted by Gasteiger charge is -2.13. The molecule has 0 N–H and O–H groups in total. The molecule has 0 aliphatic heterocycles. The van der Waals surface area contributed by atoms with Crippen molar-refractivity contribution >= 4 is 34.8 Å². The molecule has 1 heterocycles. The second-order valence-corrected chi connectivity index (χ2v) is 5.43. The maximum Gasteiger partial charge on any atom is 0.160 e. The van der Waals surface area contributed by atoms with Gasteiger partial charge in [-0.05, 0) is 26.0 Å². The molecular formula is C14H11Cl3FNO. The zero-order valence-corrected chi connectivity index (χ0v) is 13.1. The van der Waals surface area contributed by atoms with Gasteiger partial charge in [-0.2, -0.15) is 0 Å². The van der Waals surface area contributed by atoms with Crippen LogP contribution < -0.4 is 4.74 Å². The van der Waals surface area contributed by atoms with Gasteiger partial charge in [0.15, 0.2) is 5.75 Å². The van der Waals surface area contributed by atoms with Crippen LogP contribution in [0.2, 0.25) is 15.1 Å². The highest BCUT2D eigenvalue weighted by Gasteiger charge is 2.15. The fraction of sp³-hybridized carbons (Fsp3) is 0.214. The van der Waals surface area contributed by atoms with E-state index in [-0.39, 0.29) is 6.61 Å². The first-order valence-corrected chi connectivity index (χ1v) is 6.92. The third-order valence-corrected chi connectivity index (χ3v) is 4.00. The molecule has 2 aromatic rings. The summed E-state index contributed by atoms with van der Waals surface area (Å²) in [5.41, 5.74) is 1.91. The van der Waals surface area contributed by atoms with E-state index in [0.717, 1.165) is 0 Å². The zero-order chi connectivity index (χ0) is 14.9. The maximum atomic E-state index is 13.0. The fourth-order valence-electron chi connectivity index (χ4n) is 1.69. The summed E-state index contributed by atoms with van der Waals surface area (Å²) in [4.78, 5) is 4.20. The van der Waals surface area contributed by atoms with E-state index in [0.29, 0.717) is 37.8 Å². The first kappa shape index (κ1) is 15.4. The Labute approximate surface area is 131 Å². The van der Waals surface area contributed by atoms with Crippen molar-refractivity contribution in [3.63, 3.8) is 0 Å². The number of hydrogen-bond acceptors (Lipinski definition) is 2. The fourth-order valence-corrected chi connectivity index (χ4v) is 2.34. The molecular weight excluding hydrogens is 324 g/mol. The van der Waals surface area contributed by atoms with Gasteiger partial charge in [0.2, 0.25) is 0 Å². The van der Waals surface area contributed by atoms with Gasteiger partial charge in [0.25, 0.3) is 0 Å². The average Bonchev–Trinajstić information content (AvgIpc) is 2.38. The van der Waals surface area contributed by atoms with Crippen molar-refractivity contribution in [3.8, 4) is 5.75 Å². The molecule has 0 fully saturated rings. The predicted octanol–water partition coefficient (Wildman–Crippen LogP) is 5.38. The number of pyridine rings is 1. The molecule has 0 aliphatic rings. The van der Waals surface area contributed by atoms with Crippen LogP contribution in [-0.2, 0) is 6.61 Å². The maximum absolute atomic E-state index is 13.0. The molecule has 0 saturated heterocycles. The molecule has 0 unspecified atom stereocenters. The Morgan fingerprint density at radius 2 is 1.70 bits per heavy atom. The van der Waals surface area contributed by atoms with Gasteiger partial charge in [-0.3, -0.25) is 4.98 Å². The Balaban J connectivity index is 2.27. The molecule has 6 heteroatoms. The summed E-state index contributed by atoms with van der Waals surface area (Å²) in [6.07, 6.45) is 0. The molecule has 2 nitrogen and oxygen atoms in total. The Bertz CT molecular complexity index is 635. The molecule has 0 radical (unpaired) electrons. The van der Waals surface area contributed by atoms with E-state index in [2.05, 4.69) is 4.98 Å². The van der Waals surface area contributed by atoms with Gasteiger partial charge in [0, 0.05) is 5.56 Å². The van der Waals surface area contributed by atoms with E-state index in [4.69, 9.17) is 39.5 Å². The van der Waals surface area contributed by atoms with E-state index in [1.165, 1.54) is 12.1 Å². The number of rotatable bonds is 3. The van der Waals surface area contributed by atoms with Gasteiger partial charge >= 0.3 is 0 Å². The number of nitrogens with zero attached hydrogens (tertiary/aromatic N) is 1. The van der Waals surface area contributed by atoms with Crippen molar-refractivity contribution in [2.75, 3.05) is 0 Å². The molecule has 0 spiro atoms. The van der Waals surface area contributed by atoms with Crippen molar-refractivity contribution < 1.29 is 9.13 Å². The number of ether oxygens (including phenoxy) is 1. The summed E-state index contributed by atoms with van der Waals surface area (Å²) in [5, 5.41) is 1.01. The number of hydrogen-bond donors (Lipinski definition) is 0. The summed E-state index contributed by atoms with van der Waals surface area (Å²) in [5.74, 6) is -0.0378. The second-order valence-electron chi connectivity index (χ2n) is 4.26. The molecule has 0 bridgehead atoms. The SMILES string of the molecule is Cc1nc(C)c(Cl)c(OCc2ccc(F)cc2Cl)c1Cl. The first-order valence-electron chi connectivity index (χ1n) is 5.79. The minimum absolute atomic E-state index is 0.140. The average molecular weight is 335 g/mol. The Morgan fingerprint density at radius 1 is 1.10 bits per heavy atom. The third-order valence-electron chi connectivity index (χ3n) is 2.76. The highest BCUT2D eigenvalue weighted by atomic mass is 35.5. The van der Waals surface area contributed by atoms with E-state index >= 15 is 0 Å². The van der Waals surface area contributed by atoms with Crippen molar-refractivity contribution in [3.05, 3.63) is 56.0 Å². The summed E-state index contributed by atoms with van der Waals surface area (Å²) in [6.45, 7) is 3.67. The van der Waals surface area contributed by atoms with Crippen molar-refractivity contribution in [1.82, 2.24) is 4.98 Å². The van der Waals surface area contributed by atoms with Crippen LogP contribution in [0, 0.1) is 19.7 Å². The van der Waals surface area contributed by atoms with Gasteiger partial charge in [-0.25, -0.2) is 4.39 Å². The Kier molecular flexibility index (Phi) is 4.74. The minimum atomic E-state index is -0.398. The normalized spacial score (nSPS) is 10.7. The predicted molar refractivity (Wildman–Crippen MR) is 79.5 cm³/mol. The number of aromatic nitrogens is 1. The Morgan fingerprint density at radius 3 is 2.25 bits per heavy atom. The van der Waals surface area contributed by atoms with Gasteiger partial charge < -0.3 is 4.74 Å². The van der Waals surface area contributed by atoms with Crippen LogP contribution in [-0.4, -0.2) is 4.98 Å². The lowest BCUT2D eigenvalue weighted by molar-refractivity contribution is 0.305. The molecule has 1 aromatic heterocycles. The molecule has 1 aromatic carbocycles. The summed E-state index contributed by atoms with van der Waals surface area (Å²) >= 11 is 18.2. The Hall–Kier alpha value is -1.03. The standard InChI is InChI=1S/C14H11Cl3FNO/c1-7-12(16)14(13(17)8(2)19-7)20-6-9-3-4-10(18)5-11(9)15/h3-5H,6H2,1-2H3. The van der Waals surface area contributed by atoms with Crippen LogP contribution in [0.3, 0.4) is 0 Å². The van der Waals surface area contributed by atoms with Crippen LogP contribution in [0.25, 0.3) is 0 Å².